The molecule has 1 aliphatic heterocycles. The number of likely N-dealkylation sites (N-methyl/N-ethyl adjacent to an activating group) is 1. The summed E-state index contributed by atoms with van der Waals surface area (Å²) in [5.74, 6) is 0.140. The van der Waals surface area contributed by atoms with Crippen LogP contribution in [0.1, 0.15) is 43.8 Å². The second-order valence-electron chi connectivity index (χ2n) is 6.62. The van der Waals surface area contributed by atoms with Crippen molar-refractivity contribution in [2.24, 2.45) is 12.5 Å². The average molecular weight is 301 g/mol. The number of aromatic nitrogens is 2. The number of nitriles is 1. The molecule has 2 atom stereocenters. The van der Waals surface area contributed by atoms with E-state index in [4.69, 9.17) is 0 Å². The molecule has 1 aliphatic carbocycles. The van der Waals surface area contributed by atoms with Gasteiger partial charge in [-0.3, -0.25) is 9.48 Å². The number of aryl methyl sites for hydroxylation is 1. The number of amides is 1. The lowest BCUT2D eigenvalue weighted by atomic mass is 9.87. The highest BCUT2D eigenvalue weighted by Crippen LogP contribution is 2.38. The van der Waals surface area contributed by atoms with Crippen molar-refractivity contribution in [3.63, 3.8) is 0 Å². The van der Waals surface area contributed by atoms with E-state index in [1.165, 1.54) is 0 Å². The maximum absolute atomic E-state index is 12.1. The van der Waals surface area contributed by atoms with Gasteiger partial charge in [-0.25, -0.2) is 0 Å². The van der Waals surface area contributed by atoms with Crippen LogP contribution in [0.15, 0.2) is 12.3 Å². The topological polar surface area (TPSA) is 74.0 Å². The molecule has 1 N–H and O–H groups in total. The highest BCUT2D eigenvalue weighted by Gasteiger charge is 2.42. The molecule has 1 aromatic heterocycles. The van der Waals surface area contributed by atoms with E-state index in [2.05, 4.69) is 16.5 Å². The molecule has 0 spiro atoms. The van der Waals surface area contributed by atoms with E-state index in [9.17, 15) is 10.1 Å². The van der Waals surface area contributed by atoms with Gasteiger partial charge >= 0.3 is 0 Å². The van der Waals surface area contributed by atoms with E-state index in [0.717, 1.165) is 31.4 Å². The second kappa shape index (κ2) is 5.73. The molecule has 0 radical (unpaired) electrons. The van der Waals surface area contributed by atoms with Gasteiger partial charge in [-0.05, 0) is 18.9 Å². The molecule has 6 nitrogen and oxygen atoms in total. The van der Waals surface area contributed by atoms with Crippen LogP contribution >= 0.6 is 0 Å². The third-order valence-electron chi connectivity index (χ3n) is 5.25. The standard InChI is InChI=1S/C16H23N5O/c1-20-14(22)9-12(15(20)13-5-8-19-21(13)2)18-11-16(10-17)6-3-4-7-16/h5,8,12,15,18H,3-4,6-7,9,11H2,1-2H3/t12-,15-/m1/s1. The number of carbonyl (C=O) groups is 1. The first-order valence-corrected chi connectivity index (χ1v) is 7.94. The van der Waals surface area contributed by atoms with Crippen LogP contribution < -0.4 is 5.32 Å². The maximum atomic E-state index is 12.1. The van der Waals surface area contributed by atoms with Gasteiger partial charge in [-0.15, -0.1) is 0 Å². The second-order valence-corrected chi connectivity index (χ2v) is 6.62. The first kappa shape index (κ1) is 15.0. The number of rotatable bonds is 4. The summed E-state index contributed by atoms with van der Waals surface area (Å²) in [4.78, 5) is 13.9. The molecule has 3 rings (SSSR count). The Bertz CT molecular complexity index is 596. The summed E-state index contributed by atoms with van der Waals surface area (Å²) >= 11 is 0. The molecule has 0 aromatic carbocycles. The van der Waals surface area contributed by atoms with Crippen molar-refractivity contribution in [1.82, 2.24) is 20.0 Å². The Morgan fingerprint density at radius 1 is 1.45 bits per heavy atom. The minimum atomic E-state index is -0.249. The van der Waals surface area contributed by atoms with Gasteiger partial charge in [-0.1, -0.05) is 12.8 Å². The molecule has 22 heavy (non-hydrogen) atoms. The zero-order chi connectivity index (χ0) is 15.7. The smallest absolute Gasteiger partial charge is 0.224 e. The molecule has 0 bridgehead atoms. The van der Waals surface area contributed by atoms with Gasteiger partial charge in [0.05, 0.1) is 23.2 Å². The van der Waals surface area contributed by atoms with Crippen LogP contribution in [0.5, 0.6) is 0 Å². The Morgan fingerprint density at radius 3 is 2.77 bits per heavy atom. The van der Waals surface area contributed by atoms with Gasteiger partial charge < -0.3 is 10.2 Å². The van der Waals surface area contributed by atoms with Crippen molar-refractivity contribution in [3.05, 3.63) is 18.0 Å². The van der Waals surface area contributed by atoms with E-state index in [1.807, 2.05) is 24.8 Å². The number of nitrogens with zero attached hydrogens (tertiary/aromatic N) is 4. The SMILES string of the molecule is CN1C(=O)C[C@@H](NCC2(C#N)CCCC2)[C@@H]1c1ccnn1C. The normalized spacial score (nSPS) is 27.3. The fourth-order valence-corrected chi connectivity index (χ4v) is 3.84. The van der Waals surface area contributed by atoms with Crippen LogP contribution in [0.2, 0.25) is 0 Å². The summed E-state index contributed by atoms with van der Waals surface area (Å²) < 4.78 is 1.82. The maximum Gasteiger partial charge on any atom is 0.224 e. The van der Waals surface area contributed by atoms with Gasteiger partial charge in [0.2, 0.25) is 5.91 Å². The Balaban J connectivity index is 1.76. The van der Waals surface area contributed by atoms with E-state index < -0.39 is 0 Å². The summed E-state index contributed by atoms with van der Waals surface area (Å²) in [5, 5.41) is 17.2. The Hall–Kier alpha value is -1.87. The number of nitrogens with one attached hydrogen (secondary N) is 1. The molecule has 1 aromatic rings. The molecule has 1 saturated carbocycles. The zero-order valence-corrected chi connectivity index (χ0v) is 13.2. The zero-order valence-electron chi connectivity index (χ0n) is 13.2. The van der Waals surface area contributed by atoms with Gasteiger partial charge in [-0.2, -0.15) is 10.4 Å². The number of hydrogen-bond donors (Lipinski definition) is 1. The predicted molar refractivity (Wildman–Crippen MR) is 81.6 cm³/mol. The van der Waals surface area contributed by atoms with Crippen molar-refractivity contribution >= 4 is 5.91 Å². The summed E-state index contributed by atoms with van der Waals surface area (Å²) in [6.45, 7) is 0.670. The monoisotopic (exact) mass is 301 g/mol. The number of carbonyl (C=O) groups excluding carboxylic acids is 1. The molecule has 1 saturated heterocycles. The Kier molecular flexibility index (Phi) is 3.92. The summed E-state index contributed by atoms with van der Waals surface area (Å²) in [7, 11) is 3.74. The van der Waals surface area contributed by atoms with Crippen molar-refractivity contribution in [3.8, 4) is 6.07 Å². The summed E-state index contributed by atoms with van der Waals surface area (Å²) in [6, 6.07) is 4.49. The van der Waals surface area contributed by atoms with E-state index in [-0.39, 0.29) is 23.4 Å². The Labute approximate surface area is 131 Å². The van der Waals surface area contributed by atoms with E-state index >= 15 is 0 Å². The lowest BCUT2D eigenvalue weighted by molar-refractivity contribution is -0.127. The molecular formula is C16H23N5O. The van der Waals surface area contributed by atoms with Crippen molar-refractivity contribution < 1.29 is 4.79 Å². The fraction of sp³-hybridized carbons (Fsp3) is 0.688. The first-order valence-electron chi connectivity index (χ1n) is 7.94. The van der Waals surface area contributed by atoms with Gasteiger partial charge in [0, 0.05) is 39.3 Å². The van der Waals surface area contributed by atoms with Gasteiger partial charge in [0.25, 0.3) is 0 Å². The minimum Gasteiger partial charge on any atom is -0.336 e. The molecular weight excluding hydrogens is 278 g/mol. The molecule has 2 fully saturated rings. The molecule has 118 valence electrons. The first-order chi connectivity index (χ1) is 10.6. The molecule has 6 heteroatoms. The van der Waals surface area contributed by atoms with E-state index in [1.54, 1.807) is 11.1 Å². The van der Waals surface area contributed by atoms with Crippen LogP contribution in [0.4, 0.5) is 0 Å². The highest BCUT2D eigenvalue weighted by atomic mass is 16.2. The lowest BCUT2D eigenvalue weighted by Crippen LogP contribution is -2.41. The Morgan fingerprint density at radius 2 is 2.18 bits per heavy atom. The van der Waals surface area contributed by atoms with Crippen LogP contribution in [0.3, 0.4) is 0 Å². The van der Waals surface area contributed by atoms with Crippen LogP contribution in [-0.4, -0.2) is 40.2 Å². The molecule has 0 unspecified atom stereocenters. The lowest BCUT2D eigenvalue weighted by Gasteiger charge is -2.28. The van der Waals surface area contributed by atoms with Crippen molar-refractivity contribution in [2.75, 3.05) is 13.6 Å². The molecule has 1 amide bonds. The van der Waals surface area contributed by atoms with Gasteiger partial charge in [0.1, 0.15) is 0 Å². The third-order valence-corrected chi connectivity index (χ3v) is 5.25. The number of hydrogen-bond acceptors (Lipinski definition) is 4. The van der Waals surface area contributed by atoms with Crippen LogP contribution in [0.25, 0.3) is 0 Å². The van der Waals surface area contributed by atoms with Gasteiger partial charge in [0.15, 0.2) is 0 Å². The van der Waals surface area contributed by atoms with Crippen molar-refractivity contribution in [1.29, 1.82) is 5.26 Å². The summed E-state index contributed by atoms with van der Waals surface area (Å²) in [6.07, 6.45) is 6.42. The third kappa shape index (κ3) is 2.50. The van der Waals surface area contributed by atoms with Crippen LogP contribution in [-0.2, 0) is 11.8 Å². The minimum absolute atomic E-state index is 0.0165. The highest BCUT2D eigenvalue weighted by molar-refractivity contribution is 5.80. The molecule has 2 heterocycles. The fourth-order valence-electron chi connectivity index (χ4n) is 3.84. The number of likely N-dealkylation sites (tertiary alicyclic amines) is 1. The van der Waals surface area contributed by atoms with E-state index in [0.29, 0.717) is 13.0 Å². The quantitative estimate of drug-likeness (QED) is 0.911. The van der Waals surface area contributed by atoms with Crippen molar-refractivity contribution in [2.45, 2.75) is 44.2 Å². The largest absolute Gasteiger partial charge is 0.336 e. The summed E-state index contributed by atoms with van der Waals surface area (Å²) in [5.41, 5.74) is 0.782. The predicted octanol–water partition coefficient (Wildman–Crippen LogP) is 1.37. The van der Waals surface area contributed by atoms with Crippen LogP contribution in [0, 0.1) is 16.7 Å². The average Bonchev–Trinajstić information content (AvgIpc) is 3.20. The molecule has 2 aliphatic rings.